The van der Waals surface area contributed by atoms with E-state index in [-0.39, 0.29) is 34.6 Å². The number of alkyl halides is 3. The molecule has 164 valence electrons. The topological polar surface area (TPSA) is 59.8 Å². The number of nitrogens with one attached hydrogen (secondary N) is 1. The maximum absolute atomic E-state index is 13.9. The molecular formula is C22H15F5N4O. The molecule has 2 aromatic heterocycles. The number of hydrogen-bond acceptors (Lipinski definition) is 3. The van der Waals surface area contributed by atoms with E-state index in [9.17, 15) is 26.7 Å². The van der Waals surface area contributed by atoms with Gasteiger partial charge >= 0.3 is 6.18 Å². The van der Waals surface area contributed by atoms with Gasteiger partial charge in [-0.1, -0.05) is 18.2 Å². The van der Waals surface area contributed by atoms with E-state index >= 15 is 0 Å². The molecule has 0 atom stereocenters. The molecule has 0 aliphatic rings. The third kappa shape index (κ3) is 4.16. The van der Waals surface area contributed by atoms with Crippen molar-refractivity contribution >= 4 is 16.9 Å². The number of fused-ring (bicyclic) bond motifs is 1. The maximum Gasteiger partial charge on any atom is 0.416 e. The third-order valence-electron chi connectivity index (χ3n) is 4.89. The first-order valence-corrected chi connectivity index (χ1v) is 9.36. The maximum atomic E-state index is 13.9. The molecule has 0 aliphatic heterocycles. The Hall–Kier alpha value is -3.82. The summed E-state index contributed by atoms with van der Waals surface area (Å²) in [6.07, 6.45) is -3.13. The van der Waals surface area contributed by atoms with Crippen LogP contribution in [0, 0.1) is 11.6 Å². The van der Waals surface area contributed by atoms with Crippen LogP contribution in [0.15, 0.2) is 54.7 Å². The highest BCUT2D eigenvalue weighted by molar-refractivity contribution is 6.06. The van der Waals surface area contributed by atoms with Crippen LogP contribution in [0.4, 0.5) is 22.0 Å². The van der Waals surface area contributed by atoms with E-state index in [1.54, 1.807) is 7.05 Å². The van der Waals surface area contributed by atoms with Crippen LogP contribution in [-0.4, -0.2) is 20.7 Å². The highest BCUT2D eigenvalue weighted by atomic mass is 19.4. The molecule has 2 aromatic carbocycles. The lowest BCUT2D eigenvalue weighted by atomic mass is 10.0. The summed E-state index contributed by atoms with van der Waals surface area (Å²) in [6.45, 7) is -0.214. The molecule has 0 fully saturated rings. The molecule has 32 heavy (non-hydrogen) atoms. The molecule has 0 saturated carbocycles. The molecule has 0 saturated heterocycles. The number of amides is 1. The number of aromatic nitrogens is 3. The average molecular weight is 446 g/mol. The Labute approximate surface area is 178 Å². The van der Waals surface area contributed by atoms with Crippen LogP contribution in [0.1, 0.15) is 21.5 Å². The molecule has 4 rings (SSSR count). The molecule has 5 nitrogen and oxygen atoms in total. The Bertz CT molecular complexity index is 1330. The molecule has 0 aliphatic carbocycles. The van der Waals surface area contributed by atoms with Gasteiger partial charge in [-0.25, -0.2) is 13.8 Å². The fourth-order valence-electron chi connectivity index (χ4n) is 3.24. The van der Waals surface area contributed by atoms with Crippen LogP contribution < -0.4 is 5.32 Å². The number of carbonyl (C=O) groups is 1. The minimum atomic E-state index is -4.54. The SMILES string of the molecule is Cn1ncc2c(C(=O)NCc3ccc(F)cc3F)cc(-c3cccc(C(F)(F)F)c3)nc21. The molecule has 2 heterocycles. The molecule has 10 heteroatoms. The highest BCUT2D eigenvalue weighted by Crippen LogP contribution is 2.32. The molecule has 4 aromatic rings. The first-order chi connectivity index (χ1) is 15.1. The number of pyridine rings is 1. The summed E-state index contributed by atoms with van der Waals surface area (Å²) in [5.41, 5.74) is -0.0584. The standard InChI is InChI=1S/C22H15F5N4O/c1-31-20-17(11-29-31)16(21(32)28-10-13-5-6-15(23)8-18(13)24)9-19(30-20)12-3-2-4-14(7-12)22(25,26)27/h2-9,11H,10H2,1H3,(H,28,32). The van der Waals surface area contributed by atoms with Crippen LogP contribution in [0.3, 0.4) is 0 Å². The highest BCUT2D eigenvalue weighted by Gasteiger charge is 2.30. The van der Waals surface area contributed by atoms with Crippen molar-refractivity contribution in [1.29, 1.82) is 0 Å². The zero-order valence-electron chi connectivity index (χ0n) is 16.5. The van der Waals surface area contributed by atoms with Gasteiger partial charge in [0.1, 0.15) is 11.6 Å². The van der Waals surface area contributed by atoms with E-state index in [1.807, 2.05) is 0 Å². The lowest BCUT2D eigenvalue weighted by molar-refractivity contribution is -0.137. The van der Waals surface area contributed by atoms with Crippen LogP contribution in [0.5, 0.6) is 0 Å². The van der Waals surface area contributed by atoms with E-state index in [4.69, 9.17) is 0 Å². The molecule has 0 unspecified atom stereocenters. The average Bonchev–Trinajstić information content (AvgIpc) is 3.12. The van der Waals surface area contributed by atoms with Crippen molar-refractivity contribution in [2.75, 3.05) is 0 Å². The van der Waals surface area contributed by atoms with Crippen molar-refractivity contribution < 1.29 is 26.7 Å². The van der Waals surface area contributed by atoms with Crippen LogP contribution in [-0.2, 0) is 19.8 Å². The predicted octanol–water partition coefficient (Wildman–Crippen LogP) is 4.86. The summed E-state index contributed by atoms with van der Waals surface area (Å²) in [5.74, 6) is -2.16. The van der Waals surface area contributed by atoms with Crippen molar-refractivity contribution in [1.82, 2.24) is 20.1 Å². The molecule has 0 radical (unpaired) electrons. The second-order valence-electron chi connectivity index (χ2n) is 7.06. The largest absolute Gasteiger partial charge is 0.416 e. The third-order valence-corrected chi connectivity index (χ3v) is 4.89. The van der Waals surface area contributed by atoms with E-state index < -0.39 is 29.3 Å². The van der Waals surface area contributed by atoms with Crippen molar-refractivity contribution in [3.63, 3.8) is 0 Å². The van der Waals surface area contributed by atoms with Gasteiger partial charge in [0.2, 0.25) is 0 Å². The Kier molecular flexibility index (Phi) is 5.37. The summed E-state index contributed by atoms with van der Waals surface area (Å²) in [7, 11) is 1.58. The van der Waals surface area contributed by atoms with Crippen LogP contribution in [0.25, 0.3) is 22.3 Å². The zero-order chi connectivity index (χ0) is 23.0. The fraction of sp³-hybridized carbons (Fsp3) is 0.136. The second-order valence-corrected chi connectivity index (χ2v) is 7.06. The van der Waals surface area contributed by atoms with Gasteiger partial charge < -0.3 is 5.32 Å². The summed E-state index contributed by atoms with van der Waals surface area (Å²) >= 11 is 0. The smallest absolute Gasteiger partial charge is 0.348 e. The monoisotopic (exact) mass is 446 g/mol. The van der Waals surface area contributed by atoms with Gasteiger partial charge in [0.25, 0.3) is 5.91 Å². The number of nitrogens with zero attached hydrogens (tertiary/aromatic N) is 3. The van der Waals surface area contributed by atoms with Crippen molar-refractivity contribution in [2.45, 2.75) is 12.7 Å². The minimum absolute atomic E-state index is 0.0781. The lowest BCUT2D eigenvalue weighted by Gasteiger charge is -2.11. The van der Waals surface area contributed by atoms with Gasteiger partial charge in [0.05, 0.1) is 28.4 Å². The van der Waals surface area contributed by atoms with Gasteiger partial charge in [-0.3, -0.25) is 9.48 Å². The van der Waals surface area contributed by atoms with Gasteiger partial charge in [0.15, 0.2) is 5.65 Å². The van der Waals surface area contributed by atoms with Crippen molar-refractivity contribution in [3.05, 3.63) is 83.1 Å². The summed E-state index contributed by atoms with van der Waals surface area (Å²) in [4.78, 5) is 17.2. The minimum Gasteiger partial charge on any atom is -0.348 e. The second kappa shape index (κ2) is 8.03. The number of carbonyl (C=O) groups excluding carboxylic acids is 1. The first-order valence-electron chi connectivity index (χ1n) is 9.36. The molecule has 1 amide bonds. The molecule has 0 bridgehead atoms. The number of rotatable bonds is 4. The van der Waals surface area contributed by atoms with E-state index in [2.05, 4.69) is 15.4 Å². The van der Waals surface area contributed by atoms with Gasteiger partial charge in [-0.2, -0.15) is 18.3 Å². The Morgan fingerprint density at radius 3 is 2.59 bits per heavy atom. The summed E-state index contributed by atoms with van der Waals surface area (Å²) in [6, 6.07) is 8.94. The lowest BCUT2D eigenvalue weighted by Crippen LogP contribution is -2.23. The van der Waals surface area contributed by atoms with E-state index in [0.717, 1.165) is 18.2 Å². The number of aryl methyl sites for hydroxylation is 1. The zero-order valence-corrected chi connectivity index (χ0v) is 16.5. The predicted molar refractivity (Wildman–Crippen MR) is 106 cm³/mol. The van der Waals surface area contributed by atoms with Gasteiger partial charge in [0, 0.05) is 30.8 Å². The summed E-state index contributed by atoms with van der Waals surface area (Å²) < 4.78 is 67.7. The number of hydrogen-bond donors (Lipinski definition) is 1. The van der Waals surface area contributed by atoms with Gasteiger partial charge in [-0.15, -0.1) is 0 Å². The Morgan fingerprint density at radius 1 is 1.09 bits per heavy atom. The van der Waals surface area contributed by atoms with Crippen LogP contribution in [0.2, 0.25) is 0 Å². The Morgan fingerprint density at radius 2 is 1.88 bits per heavy atom. The Balaban J connectivity index is 1.72. The van der Waals surface area contributed by atoms with E-state index in [0.29, 0.717) is 11.5 Å². The molecule has 0 spiro atoms. The first kappa shape index (κ1) is 21.4. The van der Waals surface area contributed by atoms with Crippen LogP contribution >= 0.6 is 0 Å². The fourth-order valence-corrected chi connectivity index (χ4v) is 3.24. The normalized spacial score (nSPS) is 11.7. The summed E-state index contributed by atoms with van der Waals surface area (Å²) in [5, 5.41) is 6.99. The number of halogens is 5. The van der Waals surface area contributed by atoms with Crippen molar-refractivity contribution in [2.24, 2.45) is 7.05 Å². The van der Waals surface area contributed by atoms with Crippen molar-refractivity contribution in [3.8, 4) is 11.3 Å². The van der Waals surface area contributed by atoms with E-state index in [1.165, 1.54) is 35.1 Å². The van der Waals surface area contributed by atoms with Gasteiger partial charge in [-0.05, 0) is 24.3 Å². The quantitative estimate of drug-likeness (QED) is 0.456. The molecule has 1 N–H and O–H groups in total. The molecular weight excluding hydrogens is 431 g/mol. The number of benzene rings is 2.